The van der Waals surface area contributed by atoms with Crippen LogP contribution in [0.15, 0.2) is 16.8 Å². The highest BCUT2D eigenvalue weighted by Gasteiger charge is 2.14. The smallest absolute Gasteiger partial charge is 0.191 e. The van der Waals surface area contributed by atoms with Crippen LogP contribution in [0.1, 0.15) is 0 Å². The fourth-order valence-electron chi connectivity index (χ4n) is 0.563. The van der Waals surface area contributed by atoms with E-state index in [1.807, 2.05) is 0 Å². The van der Waals surface area contributed by atoms with Crippen LogP contribution >= 0.6 is 0 Å². The van der Waals surface area contributed by atoms with E-state index in [2.05, 4.69) is 4.99 Å². The summed E-state index contributed by atoms with van der Waals surface area (Å²) in [5.74, 6) is -0.503. The summed E-state index contributed by atoms with van der Waals surface area (Å²) in [6.45, 7) is 0. The van der Waals surface area contributed by atoms with Gasteiger partial charge in [0.15, 0.2) is 18.2 Å². The van der Waals surface area contributed by atoms with Gasteiger partial charge in [-0.1, -0.05) is 0 Å². The molecule has 1 aliphatic heterocycles. The molecule has 10 heavy (non-hydrogen) atoms. The number of hydrogen-bond acceptors (Lipinski definition) is 4. The molecule has 0 amide bonds. The molecule has 0 fully saturated rings. The van der Waals surface area contributed by atoms with Crippen LogP contribution in [0.25, 0.3) is 0 Å². The molecule has 0 aromatic heterocycles. The first-order valence-corrected chi connectivity index (χ1v) is 2.67. The Kier molecular flexibility index (Phi) is 1.73. The Balaban J connectivity index is 2.85. The molecule has 0 spiro atoms. The first kappa shape index (κ1) is 6.82. The van der Waals surface area contributed by atoms with Gasteiger partial charge in [0.05, 0.1) is 0 Å². The summed E-state index contributed by atoms with van der Waals surface area (Å²) in [7, 11) is 0. The number of ketones is 1. The number of carbonyl (C=O) groups is 2. The minimum atomic E-state index is -1.18. The Hall–Kier alpha value is -1.29. The Bertz CT molecular complexity index is 229. The maximum Gasteiger partial charge on any atom is 0.191 e. The van der Waals surface area contributed by atoms with Crippen LogP contribution in [0.2, 0.25) is 0 Å². The normalized spacial score (nSPS) is 24.3. The summed E-state index contributed by atoms with van der Waals surface area (Å²) in [5, 5.41) is 8.73. The average molecular weight is 139 g/mol. The van der Waals surface area contributed by atoms with Crippen molar-refractivity contribution < 1.29 is 14.7 Å². The SMILES string of the molecule is O=CC1=CC(=O)C(O)C=N1. The third-order valence-corrected chi connectivity index (χ3v) is 1.07. The highest BCUT2D eigenvalue weighted by molar-refractivity contribution is 6.09. The molecular weight excluding hydrogens is 134 g/mol. The van der Waals surface area contributed by atoms with Gasteiger partial charge in [0, 0.05) is 12.3 Å². The topological polar surface area (TPSA) is 66.7 Å². The molecule has 4 nitrogen and oxygen atoms in total. The molecule has 52 valence electrons. The Morgan fingerprint density at radius 1 is 1.70 bits per heavy atom. The first-order valence-electron chi connectivity index (χ1n) is 2.67. The van der Waals surface area contributed by atoms with E-state index in [9.17, 15) is 9.59 Å². The Labute approximate surface area is 56.9 Å². The van der Waals surface area contributed by atoms with Crippen molar-refractivity contribution in [1.29, 1.82) is 0 Å². The molecule has 1 unspecified atom stereocenters. The number of rotatable bonds is 1. The molecule has 1 rings (SSSR count). The monoisotopic (exact) mass is 139 g/mol. The Morgan fingerprint density at radius 2 is 2.40 bits per heavy atom. The zero-order chi connectivity index (χ0) is 7.56. The highest BCUT2D eigenvalue weighted by atomic mass is 16.3. The predicted molar refractivity (Wildman–Crippen MR) is 33.7 cm³/mol. The number of aldehydes is 1. The maximum atomic E-state index is 10.6. The summed E-state index contributed by atoms with van der Waals surface area (Å²) < 4.78 is 0. The number of allylic oxidation sites excluding steroid dienone is 1. The van der Waals surface area contributed by atoms with Crippen LogP contribution in [-0.2, 0) is 9.59 Å². The molecule has 0 aliphatic carbocycles. The molecule has 1 heterocycles. The fourth-order valence-corrected chi connectivity index (χ4v) is 0.563. The molecule has 0 aromatic rings. The average Bonchev–Trinajstić information content (AvgIpc) is 1.95. The molecule has 0 saturated heterocycles. The van der Waals surface area contributed by atoms with Crippen LogP contribution in [0.5, 0.6) is 0 Å². The minimum absolute atomic E-state index is 0.0512. The molecule has 1 atom stereocenters. The molecule has 1 aliphatic rings. The van der Waals surface area contributed by atoms with Crippen LogP contribution in [0.3, 0.4) is 0 Å². The summed E-state index contributed by atoms with van der Waals surface area (Å²) in [5.41, 5.74) is 0.0512. The third-order valence-electron chi connectivity index (χ3n) is 1.07. The van der Waals surface area contributed by atoms with Crippen molar-refractivity contribution in [2.45, 2.75) is 6.10 Å². The summed E-state index contributed by atoms with van der Waals surface area (Å²) >= 11 is 0. The first-order chi connectivity index (χ1) is 4.74. The van der Waals surface area contributed by atoms with E-state index < -0.39 is 11.9 Å². The standard InChI is InChI=1S/C6H5NO3/c8-3-4-1-5(9)6(10)2-7-4/h1-3,6,10H. The molecule has 0 radical (unpaired) electrons. The van der Waals surface area contributed by atoms with E-state index in [1.54, 1.807) is 0 Å². The molecule has 0 saturated carbocycles. The second kappa shape index (κ2) is 2.53. The summed E-state index contributed by atoms with van der Waals surface area (Å²) in [6, 6.07) is 0. The van der Waals surface area contributed by atoms with Crippen LogP contribution in [0, 0.1) is 0 Å². The van der Waals surface area contributed by atoms with Crippen molar-refractivity contribution >= 4 is 18.3 Å². The number of nitrogens with zero attached hydrogens (tertiary/aromatic N) is 1. The minimum Gasteiger partial charge on any atom is -0.379 e. The van der Waals surface area contributed by atoms with Gasteiger partial charge in [0.2, 0.25) is 0 Å². The van der Waals surface area contributed by atoms with Crippen LogP contribution < -0.4 is 0 Å². The lowest BCUT2D eigenvalue weighted by atomic mass is 10.2. The lowest BCUT2D eigenvalue weighted by molar-refractivity contribution is -0.119. The van der Waals surface area contributed by atoms with Gasteiger partial charge in [-0.15, -0.1) is 0 Å². The maximum absolute atomic E-state index is 10.6. The van der Waals surface area contributed by atoms with Gasteiger partial charge >= 0.3 is 0 Å². The summed E-state index contributed by atoms with van der Waals surface area (Å²) in [4.78, 5) is 24.1. The molecule has 4 heteroatoms. The lowest BCUT2D eigenvalue weighted by Crippen LogP contribution is -2.22. The largest absolute Gasteiger partial charge is 0.379 e. The van der Waals surface area contributed by atoms with Gasteiger partial charge in [0.25, 0.3) is 0 Å². The molecular formula is C6H5NO3. The van der Waals surface area contributed by atoms with Gasteiger partial charge in [-0.3, -0.25) is 14.6 Å². The van der Waals surface area contributed by atoms with E-state index in [4.69, 9.17) is 5.11 Å². The molecule has 1 N–H and O–H groups in total. The second-order valence-electron chi connectivity index (χ2n) is 1.81. The van der Waals surface area contributed by atoms with Gasteiger partial charge < -0.3 is 5.11 Å². The van der Waals surface area contributed by atoms with Gasteiger partial charge in [-0.2, -0.15) is 0 Å². The lowest BCUT2D eigenvalue weighted by Gasteiger charge is -2.03. The number of aliphatic imine (C=N–C) groups is 1. The second-order valence-corrected chi connectivity index (χ2v) is 1.81. The van der Waals surface area contributed by atoms with E-state index in [1.165, 1.54) is 0 Å². The van der Waals surface area contributed by atoms with E-state index in [-0.39, 0.29) is 5.70 Å². The van der Waals surface area contributed by atoms with Crippen molar-refractivity contribution in [3.8, 4) is 0 Å². The van der Waals surface area contributed by atoms with E-state index in [0.717, 1.165) is 12.3 Å². The third kappa shape index (κ3) is 1.16. The fraction of sp³-hybridized carbons (Fsp3) is 0.167. The van der Waals surface area contributed by atoms with Crippen molar-refractivity contribution in [3.63, 3.8) is 0 Å². The van der Waals surface area contributed by atoms with Crippen molar-refractivity contribution in [1.82, 2.24) is 0 Å². The molecule has 0 bridgehead atoms. The van der Waals surface area contributed by atoms with Gasteiger partial charge in [0.1, 0.15) is 5.70 Å². The zero-order valence-electron chi connectivity index (χ0n) is 5.02. The van der Waals surface area contributed by atoms with Crippen LogP contribution in [0.4, 0.5) is 0 Å². The van der Waals surface area contributed by atoms with E-state index in [0.29, 0.717) is 6.29 Å². The van der Waals surface area contributed by atoms with Crippen molar-refractivity contribution in [3.05, 3.63) is 11.8 Å². The quantitative estimate of drug-likeness (QED) is 0.478. The summed E-state index contributed by atoms with van der Waals surface area (Å²) in [6.07, 6.45) is 1.33. The van der Waals surface area contributed by atoms with Crippen LogP contribution in [-0.4, -0.2) is 29.5 Å². The van der Waals surface area contributed by atoms with E-state index >= 15 is 0 Å². The molecule has 0 aromatic carbocycles. The number of aliphatic hydroxyl groups is 1. The zero-order valence-corrected chi connectivity index (χ0v) is 5.02. The van der Waals surface area contributed by atoms with Gasteiger partial charge in [-0.05, 0) is 0 Å². The van der Waals surface area contributed by atoms with Crippen molar-refractivity contribution in [2.75, 3.05) is 0 Å². The number of carbonyl (C=O) groups excluding carboxylic acids is 2. The predicted octanol–water partition coefficient (Wildman–Crippen LogP) is -0.916. The van der Waals surface area contributed by atoms with Crippen molar-refractivity contribution in [2.24, 2.45) is 4.99 Å². The van der Waals surface area contributed by atoms with Gasteiger partial charge in [-0.25, -0.2) is 0 Å². The Morgan fingerprint density at radius 3 is 2.90 bits per heavy atom. The number of hydrogen-bond donors (Lipinski definition) is 1. The number of aliphatic hydroxyl groups excluding tert-OH is 1. The highest BCUT2D eigenvalue weighted by Crippen LogP contribution is 2.00.